The Bertz CT molecular complexity index is 580. The van der Waals surface area contributed by atoms with Gasteiger partial charge in [-0.3, -0.25) is 4.79 Å². The number of hydrogen-bond donors (Lipinski definition) is 1. The number of halogens is 4. The molecular formula is C12H12ClF3N4O. The van der Waals surface area contributed by atoms with Crippen molar-refractivity contribution in [2.75, 3.05) is 18.0 Å². The van der Waals surface area contributed by atoms with Crippen LogP contribution in [0.25, 0.3) is 0 Å². The van der Waals surface area contributed by atoms with Gasteiger partial charge < -0.3 is 10.2 Å². The SMILES string of the molecule is O=C1NCC2C1CCCN2c1cc(C(F)(F)F)nc(Cl)n1. The van der Waals surface area contributed by atoms with Crippen LogP contribution in [-0.4, -0.2) is 35.0 Å². The minimum absolute atomic E-state index is 0.0547. The number of carbonyl (C=O) groups is 1. The average Bonchev–Trinajstić information content (AvgIpc) is 2.79. The number of alkyl halides is 3. The molecule has 0 aliphatic carbocycles. The lowest BCUT2D eigenvalue weighted by Gasteiger charge is -2.36. The van der Waals surface area contributed by atoms with E-state index in [-0.39, 0.29) is 23.7 Å². The number of hydrogen-bond acceptors (Lipinski definition) is 4. The lowest BCUT2D eigenvalue weighted by molar-refractivity contribution is -0.141. The largest absolute Gasteiger partial charge is 0.433 e. The van der Waals surface area contributed by atoms with Crippen molar-refractivity contribution in [3.63, 3.8) is 0 Å². The van der Waals surface area contributed by atoms with Gasteiger partial charge in [0.1, 0.15) is 5.82 Å². The summed E-state index contributed by atoms with van der Waals surface area (Å²) in [4.78, 5) is 20.5. The van der Waals surface area contributed by atoms with Crippen molar-refractivity contribution in [2.45, 2.75) is 25.1 Å². The van der Waals surface area contributed by atoms with E-state index < -0.39 is 17.2 Å². The number of carbonyl (C=O) groups excluding carboxylic acids is 1. The molecule has 1 N–H and O–H groups in total. The maximum absolute atomic E-state index is 12.8. The third-order valence-electron chi connectivity index (χ3n) is 3.87. The molecule has 3 rings (SSSR count). The van der Waals surface area contributed by atoms with Gasteiger partial charge in [0.05, 0.1) is 12.0 Å². The van der Waals surface area contributed by atoms with Crippen LogP contribution >= 0.6 is 11.6 Å². The summed E-state index contributed by atoms with van der Waals surface area (Å²) in [5.74, 6) is -0.142. The van der Waals surface area contributed by atoms with Crippen molar-refractivity contribution in [2.24, 2.45) is 5.92 Å². The van der Waals surface area contributed by atoms with Crippen molar-refractivity contribution in [1.29, 1.82) is 0 Å². The molecule has 2 unspecified atom stereocenters. The molecule has 2 aliphatic rings. The van der Waals surface area contributed by atoms with E-state index in [9.17, 15) is 18.0 Å². The highest BCUT2D eigenvalue weighted by atomic mass is 35.5. The van der Waals surface area contributed by atoms with Crippen LogP contribution in [0.15, 0.2) is 6.07 Å². The Hall–Kier alpha value is -1.57. The first-order valence-electron chi connectivity index (χ1n) is 6.52. The van der Waals surface area contributed by atoms with Crippen molar-refractivity contribution in [1.82, 2.24) is 15.3 Å². The molecule has 2 saturated heterocycles. The Labute approximate surface area is 123 Å². The number of nitrogens with one attached hydrogen (secondary N) is 1. The summed E-state index contributed by atoms with van der Waals surface area (Å²) < 4.78 is 38.4. The van der Waals surface area contributed by atoms with E-state index in [1.165, 1.54) is 0 Å². The van der Waals surface area contributed by atoms with E-state index in [4.69, 9.17) is 11.6 Å². The van der Waals surface area contributed by atoms with E-state index in [0.29, 0.717) is 13.1 Å². The van der Waals surface area contributed by atoms with Crippen LogP contribution in [0, 0.1) is 5.92 Å². The zero-order valence-electron chi connectivity index (χ0n) is 10.8. The van der Waals surface area contributed by atoms with Gasteiger partial charge in [0.25, 0.3) is 0 Å². The predicted octanol–water partition coefficient (Wildman–Crippen LogP) is 1.86. The molecule has 114 valence electrons. The fraction of sp³-hybridized carbons (Fsp3) is 0.583. The lowest BCUT2D eigenvalue weighted by Crippen LogP contribution is -2.46. The number of rotatable bonds is 1. The van der Waals surface area contributed by atoms with Crippen molar-refractivity contribution in [3.05, 3.63) is 17.0 Å². The fourth-order valence-corrected chi connectivity index (χ4v) is 3.11. The minimum Gasteiger partial charge on any atom is -0.354 e. The van der Waals surface area contributed by atoms with E-state index in [0.717, 1.165) is 18.9 Å². The van der Waals surface area contributed by atoms with E-state index in [2.05, 4.69) is 15.3 Å². The second-order valence-electron chi connectivity index (χ2n) is 5.13. The Balaban J connectivity index is 1.96. The van der Waals surface area contributed by atoms with Gasteiger partial charge in [-0.05, 0) is 24.4 Å². The van der Waals surface area contributed by atoms with Gasteiger partial charge >= 0.3 is 6.18 Å². The van der Waals surface area contributed by atoms with E-state index in [1.54, 1.807) is 4.90 Å². The molecule has 0 radical (unpaired) electrons. The van der Waals surface area contributed by atoms with Crippen LogP contribution in [-0.2, 0) is 11.0 Å². The molecule has 2 fully saturated rings. The quantitative estimate of drug-likeness (QED) is 0.803. The Morgan fingerprint density at radius 1 is 1.38 bits per heavy atom. The first kappa shape index (κ1) is 14.4. The molecule has 1 aromatic heterocycles. The molecule has 21 heavy (non-hydrogen) atoms. The topological polar surface area (TPSA) is 58.1 Å². The van der Waals surface area contributed by atoms with Crippen molar-refractivity contribution >= 4 is 23.3 Å². The van der Waals surface area contributed by atoms with Crippen LogP contribution in [0.3, 0.4) is 0 Å². The monoisotopic (exact) mass is 320 g/mol. The third kappa shape index (κ3) is 2.64. The Morgan fingerprint density at radius 2 is 2.14 bits per heavy atom. The molecule has 2 atom stereocenters. The van der Waals surface area contributed by atoms with Crippen LogP contribution < -0.4 is 10.2 Å². The summed E-state index contributed by atoms with van der Waals surface area (Å²) in [5, 5.41) is 2.30. The second-order valence-corrected chi connectivity index (χ2v) is 5.47. The zero-order chi connectivity index (χ0) is 15.2. The van der Waals surface area contributed by atoms with Gasteiger partial charge in [-0.15, -0.1) is 0 Å². The maximum atomic E-state index is 12.8. The third-order valence-corrected chi connectivity index (χ3v) is 4.04. The lowest BCUT2D eigenvalue weighted by atomic mass is 9.91. The van der Waals surface area contributed by atoms with Crippen LogP contribution in [0.2, 0.25) is 5.28 Å². The zero-order valence-corrected chi connectivity index (χ0v) is 11.6. The van der Waals surface area contributed by atoms with Gasteiger partial charge in [-0.25, -0.2) is 9.97 Å². The number of piperidine rings is 1. The van der Waals surface area contributed by atoms with Gasteiger partial charge in [0, 0.05) is 19.2 Å². The molecule has 1 aromatic rings. The summed E-state index contributed by atoms with van der Waals surface area (Å²) in [6.07, 6.45) is -3.13. The van der Waals surface area contributed by atoms with Gasteiger partial charge in [0.15, 0.2) is 5.69 Å². The summed E-state index contributed by atoms with van der Waals surface area (Å²) in [6, 6.07) is 0.704. The average molecular weight is 321 g/mol. The number of fused-ring (bicyclic) bond motifs is 1. The molecule has 2 aliphatic heterocycles. The Kier molecular flexibility index (Phi) is 3.43. The van der Waals surface area contributed by atoms with Crippen LogP contribution in [0.4, 0.5) is 19.0 Å². The van der Waals surface area contributed by atoms with Crippen LogP contribution in [0.1, 0.15) is 18.5 Å². The highest BCUT2D eigenvalue weighted by molar-refractivity contribution is 6.28. The second kappa shape index (κ2) is 5.01. The molecule has 0 spiro atoms. The summed E-state index contributed by atoms with van der Waals surface area (Å²) in [5.41, 5.74) is -1.07. The summed E-state index contributed by atoms with van der Waals surface area (Å²) >= 11 is 5.62. The maximum Gasteiger partial charge on any atom is 0.433 e. The van der Waals surface area contributed by atoms with Crippen LogP contribution in [0.5, 0.6) is 0 Å². The van der Waals surface area contributed by atoms with Gasteiger partial charge in [-0.2, -0.15) is 13.2 Å². The van der Waals surface area contributed by atoms with Crippen molar-refractivity contribution < 1.29 is 18.0 Å². The highest BCUT2D eigenvalue weighted by Gasteiger charge is 2.42. The van der Waals surface area contributed by atoms with E-state index in [1.807, 2.05) is 0 Å². The summed E-state index contributed by atoms with van der Waals surface area (Å²) in [6.45, 7) is 0.952. The van der Waals surface area contributed by atoms with Gasteiger partial charge in [0.2, 0.25) is 11.2 Å². The predicted molar refractivity (Wildman–Crippen MR) is 68.9 cm³/mol. The molecule has 5 nitrogen and oxygen atoms in total. The van der Waals surface area contributed by atoms with Gasteiger partial charge in [-0.1, -0.05) is 0 Å². The molecule has 0 bridgehead atoms. The molecule has 0 aromatic carbocycles. The first-order valence-corrected chi connectivity index (χ1v) is 6.90. The number of anilines is 1. The fourth-order valence-electron chi connectivity index (χ4n) is 2.93. The normalized spacial score (nSPS) is 25.7. The molecule has 9 heteroatoms. The minimum atomic E-state index is -4.58. The Morgan fingerprint density at radius 3 is 2.86 bits per heavy atom. The molecule has 0 saturated carbocycles. The number of amides is 1. The first-order chi connectivity index (χ1) is 9.86. The molecule has 3 heterocycles. The smallest absolute Gasteiger partial charge is 0.354 e. The number of aromatic nitrogens is 2. The van der Waals surface area contributed by atoms with Crippen molar-refractivity contribution in [3.8, 4) is 0 Å². The summed E-state index contributed by atoms with van der Waals surface area (Å²) in [7, 11) is 0. The molecular weight excluding hydrogens is 309 g/mol. The van der Waals surface area contributed by atoms with E-state index >= 15 is 0 Å². The molecule has 1 amide bonds. The standard InChI is InChI=1S/C12H12ClF3N4O/c13-11-18-8(12(14,15)16)4-9(19-11)20-3-1-2-6-7(20)5-17-10(6)21/h4,6-7H,1-3,5H2,(H,17,21). The number of nitrogens with zero attached hydrogens (tertiary/aromatic N) is 3. The highest BCUT2D eigenvalue weighted by Crippen LogP contribution is 2.34.